The van der Waals surface area contributed by atoms with Crippen LogP contribution >= 0.6 is 11.8 Å². The number of pyridine rings is 1. The second-order valence-electron chi connectivity index (χ2n) is 9.07. The van der Waals surface area contributed by atoms with Gasteiger partial charge in [0.05, 0.1) is 22.2 Å². The van der Waals surface area contributed by atoms with Crippen LogP contribution in [-0.4, -0.2) is 47.3 Å². The monoisotopic (exact) mass is 494 g/mol. The summed E-state index contributed by atoms with van der Waals surface area (Å²) in [6.45, 7) is 8.67. The van der Waals surface area contributed by atoms with E-state index < -0.39 is 0 Å². The number of hydrogen-bond donors (Lipinski definition) is 2. The number of hydrogen-bond acceptors (Lipinski definition) is 4. The lowest BCUT2D eigenvalue weighted by molar-refractivity contribution is 0.303. The molecule has 0 unspecified atom stereocenters. The van der Waals surface area contributed by atoms with Crippen molar-refractivity contribution in [3.8, 4) is 0 Å². The topological polar surface area (TPSA) is 44.0 Å². The highest BCUT2D eigenvalue weighted by Gasteiger charge is 2.14. The molecule has 0 aliphatic heterocycles. The third-order valence-corrected chi connectivity index (χ3v) is 7.63. The van der Waals surface area contributed by atoms with Crippen molar-refractivity contribution < 1.29 is 0 Å². The van der Waals surface area contributed by atoms with E-state index in [2.05, 4.69) is 114 Å². The number of aromatic nitrogens is 2. The van der Waals surface area contributed by atoms with Crippen LogP contribution in [0.2, 0.25) is 0 Å². The zero-order chi connectivity index (χ0) is 24.9. The number of H-pyrrole nitrogens is 1. The first kappa shape index (κ1) is 24.4. The lowest BCUT2D eigenvalue weighted by Gasteiger charge is -2.18. The molecule has 2 heterocycles. The summed E-state index contributed by atoms with van der Waals surface area (Å²) >= 11 is 1.77. The van der Waals surface area contributed by atoms with Crippen molar-refractivity contribution in [3.05, 3.63) is 77.9 Å². The van der Waals surface area contributed by atoms with Gasteiger partial charge in [-0.25, -0.2) is 4.98 Å². The smallest absolute Gasteiger partial charge is 0.0986 e. The predicted molar refractivity (Wildman–Crippen MR) is 159 cm³/mol. The van der Waals surface area contributed by atoms with Crippen LogP contribution in [0.4, 0.5) is 5.69 Å². The van der Waals surface area contributed by atoms with E-state index in [4.69, 9.17) is 4.98 Å². The number of aromatic amines is 1. The van der Waals surface area contributed by atoms with E-state index in [0.29, 0.717) is 0 Å². The Labute approximate surface area is 217 Å². The Bertz CT molecular complexity index is 1500. The number of rotatable bonds is 10. The van der Waals surface area contributed by atoms with E-state index in [9.17, 15) is 0 Å². The molecule has 5 aromatic rings. The Hall–Kier alpha value is -3.28. The van der Waals surface area contributed by atoms with Gasteiger partial charge in [0, 0.05) is 27.7 Å². The zero-order valence-electron chi connectivity index (χ0n) is 21.3. The summed E-state index contributed by atoms with van der Waals surface area (Å²) in [6.07, 6.45) is 7.57. The Kier molecular flexibility index (Phi) is 7.59. The fourth-order valence-corrected chi connectivity index (χ4v) is 5.19. The molecule has 0 atom stereocenters. The fourth-order valence-electron chi connectivity index (χ4n) is 4.78. The quantitative estimate of drug-likeness (QED) is 0.118. The SMILES string of the molecule is CCN(CC)CCCNc1c2cc(/C=C/c3ccc(SC)cc3)ccc2nc2c1[nH]c1ccccc12. The van der Waals surface area contributed by atoms with Crippen LogP contribution in [0.3, 0.4) is 0 Å². The molecule has 184 valence electrons. The van der Waals surface area contributed by atoms with E-state index in [0.717, 1.165) is 65.7 Å². The van der Waals surface area contributed by atoms with Crippen molar-refractivity contribution in [2.24, 2.45) is 0 Å². The molecule has 36 heavy (non-hydrogen) atoms. The Morgan fingerprint density at radius 2 is 1.67 bits per heavy atom. The van der Waals surface area contributed by atoms with Gasteiger partial charge in [-0.2, -0.15) is 0 Å². The number of benzene rings is 3. The van der Waals surface area contributed by atoms with Crippen molar-refractivity contribution in [3.63, 3.8) is 0 Å². The van der Waals surface area contributed by atoms with Gasteiger partial charge in [0.1, 0.15) is 0 Å². The van der Waals surface area contributed by atoms with Crippen LogP contribution in [0, 0.1) is 0 Å². The van der Waals surface area contributed by atoms with Crippen LogP contribution in [0.1, 0.15) is 31.4 Å². The molecule has 2 N–H and O–H groups in total. The molecule has 2 aromatic heterocycles. The average molecular weight is 495 g/mol. The molecule has 0 aliphatic rings. The summed E-state index contributed by atoms with van der Waals surface area (Å²) < 4.78 is 0. The van der Waals surface area contributed by atoms with E-state index in [1.54, 1.807) is 11.8 Å². The number of para-hydroxylation sites is 1. The molecule has 0 radical (unpaired) electrons. The molecule has 3 aromatic carbocycles. The Balaban J connectivity index is 1.52. The van der Waals surface area contributed by atoms with Gasteiger partial charge in [-0.1, -0.05) is 62.4 Å². The lowest BCUT2D eigenvalue weighted by Crippen LogP contribution is -2.25. The minimum Gasteiger partial charge on any atom is -0.383 e. The Morgan fingerprint density at radius 1 is 0.917 bits per heavy atom. The van der Waals surface area contributed by atoms with Crippen molar-refractivity contribution >= 4 is 62.4 Å². The number of nitrogens with one attached hydrogen (secondary N) is 2. The van der Waals surface area contributed by atoms with Gasteiger partial charge in [0.2, 0.25) is 0 Å². The maximum absolute atomic E-state index is 5.08. The van der Waals surface area contributed by atoms with E-state index >= 15 is 0 Å². The minimum absolute atomic E-state index is 0.919. The molecule has 0 aliphatic carbocycles. The summed E-state index contributed by atoms with van der Waals surface area (Å²) in [4.78, 5) is 12.5. The molecule has 5 heteroatoms. The number of nitrogens with zero attached hydrogens (tertiary/aromatic N) is 2. The van der Waals surface area contributed by atoms with E-state index in [1.807, 2.05) is 0 Å². The number of thioether (sulfide) groups is 1. The van der Waals surface area contributed by atoms with Crippen molar-refractivity contribution in [1.29, 1.82) is 0 Å². The van der Waals surface area contributed by atoms with Gasteiger partial charge in [-0.3, -0.25) is 0 Å². The molecule has 0 amide bonds. The van der Waals surface area contributed by atoms with Crippen molar-refractivity contribution in [1.82, 2.24) is 14.9 Å². The van der Waals surface area contributed by atoms with Gasteiger partial charge in [-0.05, 0) is 73.8 Å². The summed E-state index contributed by atoms with van der Waals surface area (Å²) in [5.74, 6) is 0. The summed E-state index contributed by atoms with van der Waals surface area (Å²) in [5, 5.41) is 6.10. The van der Waals surface area contributed by atoms with E-state index in [-0.39, 0.29) is 0 Å². The Morgan fingerprint density at radius 3 is 2.44 bits per heavy atom. The highest BCUT2D eigenvalue weighted by molar-refractivity contribution is 7.98. The van der Waals surface area contributed by atoms with Crippen molar-refractivity contribution in [2.45, 2.75) is 25.2 Å². The van der Waals surface area contributed by atoms with Crippen LogP contribution < -0.4 is 5.32 Å². The molecular weight excluding hydrogens is 460 g/mol. The van der Waals surface area contributed by atoms with Gasteiger partial charge < -0.3 is 15.2 Å². The molecule has 0 bridgehead atoms. The minimum atomic E-state index is 0.919. The number of fused-ring (bicyclic) bond motifs is 4. The van der Waals surface area contributed by atoms with Crippen LogP contribution in [0.15, 0.2) is 71.6 Å². The molecular formula is C31H34N4S. The van der Waals surface area contributed by atoms with Gasteiger partial charge in [0.15, 0.2) is 0 Å². The summed E-state index contributed by atoms with van der Waals surface area (Å²) in [7, 11) is 0. The normalized spacial score (nSPS) is 12.0. The first-order valence-electron chi connectivity index (χ1n) is 12.8. The fraction of sp³-hybridized carbons (Fsp3) is 0.258. The maximum Gasteiger partial charge on any atom is 0.0986 e. The third kappa shape index (κ3) is 5.13. The second-order valence-corrected chi connectivity index (χ2v) is 9.95. The summed E-state index contributed by atoms with van der Waals surface area (Å²) in [5.41, 5.74) is 7.76. The molecule has 0 fully saturated rings. The first-order chi connectivity index (χ1) is 17.7. The first-order valence-corrected chi connectivity index (χ1v) is 14.0. The average Bonchev–Trinajstić information content (AvgIpc) is 3.30. The summed E-state index contributed by atoms with van der Waals surface area (Å²) in [6, 6.07) is 23.7. The van der Waals surface area contributed by atoms with Gasteiger partial charge >= 0.3 is 0 Å². The maximum atomic E-state index is 5.08. The lowest BCUT2D eigenvalue weighted by atomic mass is 10.1. The van der Waals surface area contributed by atoms with Crippen LogP contribution in [-0.2, 0) is 0 Å². The third-order valence-electron chi connectivity index (χ3n) is 6.88. The molecule has 0 spiro atoms. The number of anilines is 1. The second kappa shape index (κ2) is 11.2. The van der Waals surface area contributed by atoms with Crippen molar-refractivity contribution in [2.75, 3.05) is 37.8 Å². The molecule has 5 rings (SSSR count). The van der Waals surface area contributed by atoms with E-state index in [1.165, 1.54) is 21.4 Å². The molecule has 0 saturated heterocycles. The molecule has 4 nitrogen and oxygen atoms in total. The van der Waals surface area contributed by atoms with Crippen LogP contribution in [0.5, 0.6) is 0 Å². The highest BCUT2D eigenvalue weighted by Crippen LogP contribution is 2.35. The standard InChI is InChI=1S/C31H34N4S/c1-4-35(5-2)20-8-19-32-29-26-21-23(12-11-22-13-16-24(36-3)17-14-22)15-18-28(26)33-30-25-9-6-7-10-27(25)34-31(29)30/h6-7,9-18,21,34H,4-5,8,19-20H2,1-3H3,(H,32,33)/b12-11+. The zero-order valence-corrected chi connectivity index (χ0v) is 22.2. The predicted octanol–water partition coefficient (Wildman–Crippen LogP) is 7.91. The van der Waals surface area contributed by atoms with Crippen LogP contribution in [0.25, 0.3) is 45.0 Å². The largest absolute Gasteiger partial charge is 0.383 e. The molecule has 0 saturated carbocycles. The van der Waals surface area contributed by atoms with Gasteiger partial charge in [-0.15, -0.1) is 11.8 Å². The van der Waals surface area contributed by atoms with Gasteiger partial charge in [0.25, 0.3) is 0 Å². The highest BCUT2D eigenvalue weighted by atomic mass is 32.2.